The van der Waals surface area contributed by atoms with E-state index in [0.717, 1.165) is 13.0 Å². The first-order valence-corrected chi connectivity index (χ1v) is 6.27. The second-order valence-electron chi connectivity index (χ2n) is 4.77. The maximum absolute atomic E-state index is 11.9. The summed E-state index contributed by atoms with van der Waals surface area (Å²) in [5, 5.41) is 3.50. The first-order chi connectivity index (χ1) is 8.06. The number of nitrogens with two attached hydrogens (primary N) is 1. The van der Waals surface area contributed by atoms with E-state index in [9.17, 15) is 4.79 Å². The van der Waals surface area contributed by atoms with Gasteiger partial charge in [-0.25, -0.2) is 0 Å². The van der Waals surface area contributed by atoms with Crippen LogP contribution < -0.4 is 11.1 Å². The number of nitrogen functional groups attached to an aromatic ring is 1. The number of rotatable bonds is 4. The molecule has 3 N–H and O–H groups in total. The smallest absolute Gasteiger partial charge is 0.253 e. The molecule has 2 rings (SSSR count). The predicted octanol–water partition coefficient (Wildman–Crippen LogP) is 2.84. The molecule has 0 saturated heterocycles. The van der Waals surface area contributed by atoms with Crippen molar-refractivity contribution in [3.63, 3.8) is 0 Å². The Labute approximate surface area is 106 Å². The Morgan fingerprint density at radius 1 is 1.53 bits per heavy atom. The third-order valence-electron chi connectivity index (χ3n) is 3.59. The lowest BCUT2D eigenvalue weighted by Gasteiger charge is -2.14. The van der Waals surface area contributed by atoms with Gasteiger partial charge in [0.2, 0.25) is 0 Å². The molecule has 0 aromatic heterocycles. The summed E-state index contributed by atoms with van der Waals surface area (Å²) < 4.78 is 0. The molecule has 4 heteroatoms. The molecule has 17 heavy (non-hydrogen) atoms. The number of hydrogen-bond donors (Lipinski definition) is 2. The van der Waals surface area contributed by atoms with Crippen LogP contribution in [0.1, 0.15) is 36.5 Å². The SMILES string of the molecule is CCC1(CNC(=O)c2ccc(Cl)cc2N)CC1. The number of amides is 1. The number of carbonyl (C=O) groups excluding carboxylic acids is 1. The maximum atomic E-state index is 11.9. The fraction of sp³-hybridized carbons (Fsp3) is 0.462. The van der Waals surface area contributed by atoms with Crippen molar-refractivity contribution in [1.82, 2.24) is 5.32 Å². The van der Waals surface area contributed by atoms with Gasteiger partial charge in [0.25, 0.3) is 5.91 Å². The topological polar surface area (TPSA) is 55.1 Å². The van der Waals surface area contributed by atoms with Crippen molar-refractivity contribution in [1.29, 1.82) is 0 Å². The highest BCUT2D eigenvalue weighted by Gasteiger charge is 2.40. The van der Waals surface area contributed by atoms with Crippen LogP contribution in [0, 0.1) is 5.41 Å². The van der Waals surface area contributed by atoms with Gasteiger partial charge >= 0.3 is 0 Å². The summed E-state index contributed by atoms with van der Waals surface area (Å²) >= 11 is 5.79. The summed E-state index contributed by atoms with van der Waals surface area (Å²) in [6, 6.07) is 4.95. The van der Waals surface area contributed by atoms with Gasteiger partial charge in [0.05, 0.1) is 5.56 Å². The average Bonchev–Trinajstić information content (AvgIpc) is 3.07. The van der Waals surface area contributed by atoms with Gasteiger partial charge in [-0.3, -0.25) is 4.79 Å². The molecular weight excluding hydrogens is 236 g/mol. The molecular formula is C13H17ClN2O. The van der Waals surface area contributed by atoms with Crippen LogP contribution in [-0.2, 0) is 0 Å². The molecule has 1 aromatic rings. The van der Waals surface area contributed by atoms with E-state index in [0.29, 0.717) is 21.7 Å². The van der Waals surface area contributed by atoms with Gasteiger partial charge in [0, 0.05) is 17.3 Å². The largest absolute Gasteiger partial charge is 0.398 e. The van der Waals surface area contributed by atoms with Gasteiger partial charge in [0.1, 0.15) is 0 Å². The molecule has 1 amide bonds. The molecule has 1 fully saturated rings. The highest BCUT2D eigenvalue weighted by atomic mass is 35.5. The minimum absolute atomic E-state index is 0.112. The lowest BCUT2D eigenvalue weighted by Crippen LogP contribution is -2.30. The molecule has 3 nitrogen and oxygen atoms in total. The van der Waals surface area contributed by atoms with Gasteiger partial charge in [-0.1, -0.05) is 18.5 Å². The Morgan fingerprint density at radius 3 is 2.76 bits per heavy atom. The van der Waals surface area contributed by atoms with Gasteiger partial charge < -0.3 is 11.1 Å². The quantitative estimate of drug-likeness (QED) is 0.810. The fourth-order valence-corrected chi connectivity index (χ4v) is 2.12. The molecule has 1 aliphatic rings. The molecule has 0 unspecified atom stereocenters. The standard InChI is InChI=1S/C13H17ClN2O/c1-2-13(5-6-13)8-16-12(17)10-4-3-9(14)7-11(10)15/h3-4,7H,2,5-6,8,15H2,1H3,(H,16,17). The molecule has 0 aliphatic heterocycles. The van der Waals surface area contributed by atoms with E-state index in [2.05, 4.69) is 12.2 Å². The molecule has 0 atom stereocenters. The Morgan fingerprint density at radius 2 is 2.24 bits per heavy atom. The summed E-state index contributed by atoms with van der Waals surface area (Å²) in [4.78, 5) is 11.9. The Kier molecular flexibility index (Phi) is 3.29. The Bertz CT molecular complexity index is 441. The van der Waals surface area contributed by atoms with Crippen molar-refractivity contribution < 1.29 is 4.79 Å². The lowest BCUT2D eigenvalue weighted by atomic mass is 10.0. The molecule has 1 aromatic carbocycles. The minimum atomic E-state index is -0.112. The van der Waals surface area contributed by atoms with Crippen LogP contribution in [0.15, 0.2) is 18.2 Å². The van der Waals surface area contributed by atoms with Crippen LogP contribution in [0.5, 0.6) is 0 Å². The summed E-state index contributed by atoms with van der Waals surface area (Å²) in [7, 11) is 0. The predicted molar refractivity (Wildman–Crippen MR) is 70.2 cm³/mol. The third kappa shape index (κ3) is 2.72. The second-order valence-corrected chi connectivity index (χ2v) is 5.20. The van der Waals surface area contributed by atoms with E-state index in [1.165, 1.54) is 12.8 Å². The van der Waals surface area contributed by atoms with Gasteiger partial charge in [-0.05, 0) is 42.9 Å². The van der Waals surface area contributed by atoms with Crippen LogP contribution in [0.3, 0.4) is 0 Å². The lowest BCUT2D eigenvalue weighted by molar-refractivity contribution is 0.0945. The first-order valence-electron chi connectivity index (χ1n) is 5.89. The summed E-state index contributed by atoms with van der Waals surface area (Å²) in [6.07, 6.45) is 3.53. The molecule has 0 heterocycles. The van der Waals surface area contributed by atoms with E-state index in [4.69, 9.17) is 17.3 Å². The van der Waals surface area contributed by atoms with E-state index in [-0.39, 0.29) is 5.91 Å². The van der Waals surface area contributed by atoms with E-state index in [1.807, 2.05) is 0 Å². The number of hydrogen-bond acceptors (Lipinski definition) is 2. The monoisotopic (exact) mass is 252 g/mol. The Balaban J connectivity index is 2.00. The summed E-state index contributed by atoms with van der Waals surface area (Å²) in [5.74, 6) is -0.112. The van der Waals surface area contributed by atoms with Crippen molar-refractivity contribution >= 4 is 23.2 Å². The Hall–Kier alpha value is -1.22. The molecule has 0 radical (unpaired) electrons. The maximum Gasteiger partial charge on any atom is 0.253 e. The zero-order valence-electron chi connectivity index (χ0n) is 9.92. The fourth-order valence-electron chi connectivity index (χ4n) is 1.94. The van der Waals surface area contributed by atoms with E-state index in [1.54, 1.807) is 18.2 Å². The van der Waals surface area contributed by atoms with Gasteiger partial charge in [-0.2, -0.15) is 0 Å². The third-order valence-corrected chi connectivity index (χ3v) is 3.82. The summed E-state index contributed by atoms with van der Waals surface area (Å²) in [6.45, 7) is 2.90. The van der Waals surface area contributed by atoms with Crippen molar-refractivity contribution in [3.05, 3.63) is 28.8 Å². The number of anilines is 1. The molecule has 0 spiro atoms. The van der Waals surface area contributed by atoms with Crippen LogP contribution in [0.4, 0.5) is 5.69 Å². The molecule has 0 bridgehead atoms. The minimum Gasteiger partial charge on any atom is -0.398 e. The molecule has 92 valence electrons. The zero-order valence-corrected chi connectivity index (χ0v) is 10.7. The van der Waals surface area contributed by atoms with E-state index < -0.39 is 0 Å². The van der Waals surface area contributed by atoms with Crippen molar-refractivity contribution in [2.75, 3.05) is 12.3 Å². The first kappa shape index (κ1) is 12.2. The van der Waals surface area contributed by atoms with Gasteiger partial charge in [-0.15, -0.1) is 0 Å². The van der Waals surface area contributed by atoms with Gasteiger partial charge in [0.15, 0.2) is 0 Å². The highest BCUT2D eigenvalue weighted by molar-refractivity contribution is 6.31. The number of carbonyl (C=O) groups is 1. The number of halogens is 1. The van der Waals surface area contributed by atoms with Crippen LogP contribution in [0.2, 0.25) is 5.02 Å². The van der Waals surface area contributed by atoms with Crippen molar-refractivity contribution in [2.24, 2.45) is 5.41 Å². The van der Waals surface area contributed by atoms with Crippen LogP contribution in [0.25, 0.3) is 0 Å². The second kappa shape index (κ2) is 4.57. The normalized spacial score (nSPS) is 16.6. The summed E-state index contributed by atoms with van der Waals surface area (Å²) in [5.41, 5.74) is 7.04. The highest BCUT2D eigenvalue weighted by Crippen LogP contribution is 2.47. The van der Waals surface area contributed by atoms with Crippen LogP contribution in [-0.4, -0.2) is 12.5 Å². The number of benzene rings is 1. The average molecular weight is 253 g/mol. The number of nitrogens with one attached hydrogen (secondary N) is 1. The van der Waals surface area contributed by atoms with Crippen molar-refractivity contribution in [2.45, 2.75) is 26.2 Å². The molecule has 1 aliphatic carbocycles. The zero-order chi connectivity index (χ0) is 12.5. The van der Waals surface area contributed by atoms with Crippen LogP contribution >= 0.6 is 11.6 Å². The molecule has 1 saturated carbocycles. The van der Waals surface area contributed by atoms with Crippen molar-refractivity contribution in [3.8, 4) is 0 Å². The van der Waals surface area contributed by atoms with E-state index >= 15 is 0 Å².